The van der Waals surface area contributed by atoms with E-state index in [4.69, 9.17) is 9.47 Å². The number of nitrogens with one attached hydrogen (secondary N) is 1. The van der Waals surface area contributed by atoms with E-state index in [1.54, 1.807) is 24.3 Å². The summed E-state index contributed by atoms with van der Waals surface area (Å²) in [5.74, 6) is -0.364. The molecule has 6 nitrogen and oxygen atoms in total. The fourth-order valence-corrected chi connectivity index (χ4v) is 4.68. The zero-order valence-corrected chi connectivity index (χ0v) is 22.8. The van der Waals surface area contributed by atoms with Gasteiger partial charge in [0, 0.05) is 23.2 Å². The second-order valence-corrected chi connectivity index (χ2v) is 10.5. The fourth-order valence-electron chi connectivity index (χ4n) is 4.68. The summed E-state index contributed by atoms with van der Waals surface area (Å²) in [6.45, 7) is 6.87. The molecule has 4 rings (SSSR count). The molecule has 0 aliphatic heterocycles. The molecule has 0 aliphatic carbocycles. The first kappa shape index (κ1) is 28.3. The van der Waals surface area contributed by atoms with E-state index in [2.05, 4.69) is 55.6 Å². The molecule has 0 aliphatic rings. The third-order valence-corrected chi connectivity index (χ3v) is 6.80. The van der Waals surface area contributed by atoms with Crippen molar-refractivity contribution in [1.82, 2.24) is 5.32 Å². The maximum atomic E-state index is 11.5. The molecule has 0 radical (unpaired) electrons. The fraction of sp³-hybridized carbons (Fsp3) is 0.303. The number of ether oxygens (including phenoxy) is 2. The Labute approximate surface area is 230 Å². The van der Waals surface area contributed by atoms with E-state index in [9.17, 15) is 15.0 Å². The van der Waals surface area contributed by atoms with E-state index in [0.29, 0.717) is 17.9 Å². The summed E-state index contributed by atoms with van der Waals surface area (Å²) in [4.78, 5) is 11.5. The first-order valence-corrected chi connectivity index (χ1v) is 13.3. The normalized spacial score (nSPS) is 13.2. The zero-order valence-electron chi connectivity index (χ0n) is 22.8. The molecule has 3 N–H and O–H groups in total. The molecular weight excluding hydrogens is 490 g/mol. The third-order valence-electron chi connectivity index (χ3n) is 6.80. The quantitative estimate of drug-likeness (QED) is 0.193. The first-order valence-electron chi connectivity index (χ1n) is 13.3. The number of carbonyl (C=O) groups is 1. The molecule has 2 atom stereocenters. The first-order chi connectivity index (χ1) is 18.7. The van der Waals surface area contributed by atoms with E-state index >= 15 is 0 Å². The van der Waals surface area contributed by atoms with Gasteiger partial charge in [-0.1, -0.05) is 78.9 Å². The standard InChI is InChI=1S/C33H37NO5/c1-23(29-13-8-9-15-31(29)39-21-27-12-6-7-14-30(27)32(36)37)38-22-28(35)20-34-33(2,3)19-24-16-17-25-10-4-5-11-26(25)18-24/h4-18,23,28,34-35H,19-22H2,1-3H3,(H,36,37)/t23?,28-/m1/s1. The van der Waals surface area contributed by atoms with Crippen molar-refractivity contribution in [1.29, 1.82) is 0 Å². The summed E-state index contributed by atoms with van der Waals surface area (Å²) < 4.78 is 12.0. The number of aliphatic hydroxyl groups is 1. The number of aromatic carboxylic acids is 1. The number of carboxylic acid groups (broad SMARTS) is 1. The predicted octanol–water partition coefficient (Wildman–Crippen LogP) is 6.17. The number of aliphatic hydroxyl groups excluding tert-OH is 1. The Balaban J connectivity index is 1.28. The van der Waals surface area contributed by atoms with Crippen LogP contribution in [0.25, 0.3) is 10.8 Å². The van der Waals surface area contributed by atoms with Crippen LogP contribution in [0.2, 0.25) is 0 Å². The van der Waals surface area contributed by atoms with Crippen LogP contribution in [0.3, 0.4) is 0 Å². The van der Waals surface area contributed by atoms with E-state index < -0.39 is 12.1 Å². The minimum Gasteiger partial charge on any atom is -0.488 e. The second kappa shape index (κ2) is 12.9. The highest BCUT2D eigenvalue weighted by Gasteiger charge is 2.21. The van der Waals surface area contributed by atoms with Crippen molar-refractivity contribution < 1.29 is 24.5 Å². The van der Waals surface area contributed by atoms with Crippen molar-refractivity contribution >= 4 is 16.7 Å². The van der Waals surface area contributed by atoms with E-state index in [1.807, 2.05) is 37.3 Å². The van der Waals surface area contributed by atoms with Gasteiger partial charge in [0.1, 0.15) is 12.4 Å². The molecule has 0 spiro atoms. The SMILES string of the molecule is CC(OC[C@H](O)CNC(C)(C)Cc1ccc2ccccc2c1)c1ccccc1OCc1ccccc1C(=O)O. The van der Waals surface area contributed by atoms with Gasteiger partial charge in [-0.2, -0.15) is 0 Å². The van der Waals surface area contributed by atoms with Crippen molar-refractivity contribution in [2.75, 3.05) is 13.2 Å². The largest absolute Gasteiger partial charge is 0.488 e. The lowest BCUT2D eigenvalue weighted by atomic mass is 9.93. The third kappa shape index (κ3) is 7.90. The lowest BCUT2D eigenvalue weighted by Crippen LogP contribution is -2.46. The molecule has 0 saturated heterocycles. The second-order valence-electron chi connectivity index (χ2n) is 10.5. The van der Waals surface area contributed by atoms with Gasteiger partial charge in [-0.15, -0.1) is 0 Å². The molecule has 0 saturated carbocycles. The van der Waals surface area contributed by atoms with Crippen LogP contribution in [0.15, 0.2) is 91.0 Å². The van der Waals surface area contributed by atoms with Crippen LogP contribution >= 0.6 is 0 Å². The van der Waals surface area contributed by atoms with Gasteiger partial charge >= 0.3 is 5.97 Å². The van der Waals surface area contributed by atoms with Crippen LogP contribution in [0.1, 0.15) is 53.9 Å². The van der Waals surface area contributed by atoms with E-state index in [-0.39, 0.29) is 30.4 Å². The van der Waals surface area contributed by atoms with Crippen molar-refractivity contribution in [3.8, 4) is 5.75 Å². The smallest absolute Gasteiger partial charge is 0.336 e. The Hall–Kier alpha value is -3.71. The molecular formula is C33H37NO5. The van der Waals surface area contributed by atoms with E-state index in [1.165, 1.54) is 16.3 Å². The molecule has 0 amide bonds. The minimum atomic E-state index is -0.984. The number of benzene rings is 4. The molecule has 1 unspecified atom stereocenters. The molecule has 4 aromatic carbocycles. The summed E-state index contributed by atoms with van der Waals surface area (Å²) in [5, 5.41) is 26.0. The van der Waals surface area contributed by atoms with Gasteiger partial charge in [-0.25, -0.2) is 4.79 Å². The Kier molecular flexibility index (Phi) is 9.36. The van der Waals surface area contributed by atoms with Crippen LogP contribution < -0.4 is 10.1 Å². The highest BCUT2D eigenvalue weighted by atomic mass is 16.5. The number of carboxylic acids is 1. The van der Waals surface area contributed by atoms with Gasteiger partial charge in [0.05, 0.1) is 24.4 Å². The summed E-state index contributed by atoms with van der Waals surface area (Å²) in [6, 6.07) is 29.2. The average molecular weight is 528 g/mol. The summed E-state index contributed by atoms with van der Waals surface area (Å²) in [5.41, 5.74) is 2.69. The Morgan fingerprint density at radius 3 is 2.41 bits per heavy atom. The van der Waals surface area contributed by atoms with Crippen LogP contribution in [0, 0.1) is 0 Å². The molecule has 0 bridgehead atoms. The monoisotopic (exact) mass is 527 g/mol. The minimum absolute atomic E-state index is 0.130. The Bertz CT molecular complexity index is 1400. The summed E-state index contributed by atoms with van der Waals surface area (Å²) in [6.07, 6.45) is -0.174. The van der Waals surface area contributed by atoms with Crippen LogP contribution in [0.4, 0.5) is 0 Å². The lowest BCUT2D eigenvalue weighted by molar-refractivity contribution is -0.00520. The summed E-state index contributed by atoms with van der Waals surface area (Å²) in [7, 11) is 0. The zero-order chi connectivity index (χ0) is 27.8. The van der Waals surface area contributed by atoms with Crippen LogP contribution in [-0.4, -0.2) is 41.0 Å². The highest BCUT2D eigenvalue weighted by Crippen LogP contribution is 2.28. The molecule has 0 fully saturated rings. The average Bonchev–Trinajstić information content (AvgIpc) is 2.93. The summed E-state index contributed by atoms with van der Waals surface area (Å²) >= 11 is 0. The number of hydrogen-bond donors (Lipinski definition) is 3. The molecule has 39 heavy (non-hydrogen) atoms. The van der Waals surface area contributed by atoms with Crippen LogP contribution in [0.5, 0.6) is 5.75 Å². The van der Waals surface area contributed by atoms with Gasteiger partial charge in [0.25, 0.3) is 0 Å². The molecule has 204 valence electrons. The highest BCUT2D eigenvalue weighted by molar-refractivity contribution is 5.89. The van der Waals surface area contributed by atoms with Gasteiger partial charge < -0.3 is 25.0 Å². The van der Waals surface area contributed by atoms with Gasteiger partial charge in [-0.05, 0) is 55.7 Å². The number of β-amino-alcohol motifs (C(OH)–C–C–N with tert-alkyl or cyclic N) is 1. The molecule has 0 aromatic heterocycles. The number of rotatable bonds is 13. The van der Waals surface area contributed by atoms with Crippen molar-refractivity contribution in [2.24, 2.45) is 0 Å². The lowest BCUT2D eigenvalue weighted by Gasteiger charge is -2.28. The number of hydrogen-bond acceptors (Lipinski definition) is 5. The van der Waals surface area contributed by atoms with E-state index in [0.717, 1.165) is 12.0 Å². The number of para-hydroxylation sites is 1. The Morgan fingerprint density at radius 2 is 1.62 bits per heavy atom. The number of fused-ring (bicyclic) bond motifs is 1. The van der Waals surface area contributed by atoms with Gasteiger partial charge in [-0.3, -0.25) is 0 Å². The van der Waals surface area contributed by atoms with Crippen molar-refractivity contribution in [3.63, 3.8) is 0 Å². The molecule has 6 heteroatoms. The van der Waals surface area contributed by atoms with Crippen molar-refractivity contribution in [2.45, 2.75) is 51.5 Å². The van der Waals surface area contributed by atoms with Crippen LogP contribution in [-0.2, 0) is 17.8 Å². The van der Waals surface area contributed by atoms with Crippen molar-refractivity contribution in [3.05, 3.63) is 113 Å². The Morgan fingerprint density at radius 1 is 0.923 bits per heavy atom. The molecule has 0 heterocycles. The van der Waals surface area contributed by atoms with Gasteiger partial charge in [0.2, 0.25) is 0 Å². The topological polar surface area (TPSA) is 88.0 Å². The predicted molar refractivity (Wildman–Crippen MR) is 154 cm³/mol. The maximum absolute atomic E-state index is 11.5. The van der Waals surface area contributed by atoms with Gasteiger partial charge in [0.15, 0.2) is 0 Å². The maximum Gasteiger partial charge on any atom is 0.336 e. The molecule has 4 aromatic rings.